The van der Waals surface area contributed by atoms with Gasteiger partial charge in [0, 0.05) is 6.92 Å². The third kappa shape index (κ3) is 4.56. The molecule has 0 fully saturated rings. The van der Waals surface area contributed by atoms with E-state index in [0.29, 0.717) is 0 Å². The maximum Gasteiger partial charge on any atom is 0.479 e. The maximum atomic E-state index is 9.60. The van der Waals surface area contributed by atoms with Crippen molar-refractivity contribution in [2.45, 2.75) is 13.2 Å². The smallest absolute Gasteiger partial charge is 0.200 e. The minimum atomic E-state index is -1.36. The van der Waals surface area contributed by atoms with Crippen LogP contribution in [0.3, 0.4) is 0 Å². The number of rotatable bonds is 4. The molecule has 0 saturated carbocycles. The van der Waals surface area contributed by atoms with Crippen LogP contribution in [0.4, 0.5) is 0 Å². The Kier molecular flexibility index (Phi) is 2.88. The fraction of sp³-hybridized carbons (Fsp3) is 1.00. The van der Waals surface area contributed by atoms with Gasteiger partial charge in [-0.05, 0) is 0 Å². The zero-order valence-corrected chi connectivity index (χ0v) is 5.00. The van der Waals surface area contributed by atoms with Gasteiger partial charge in [0.2, 0.25) is 0 Å². The fourth-order valence-electron chi connectivity index (χ4n) is 0.273. The normalized spacial score (nSPS) is 9.00. The zero-order chi connectivity index (χ0) is 8.15. The van der Waals surface area contributed by atoms with Crippen LogP contribution in [-0.4, -0.2) is 26.9 Å². The summed E-state index contributed by atoms with van der Waals surface area (Å²) < 4.78 is 0. The van der Waals surface area contributed by atoms with E-state index < -0.39 is 16.5 Å². The van der Waals surface area contributed by atoms with Crippen LogP contribution in [0.2, 0.25) is 0 Å². The van der Waals surface area contributed by atoms with E-state index >= 15 is 0 Å². The van der Waals surface area contributed by atoms with Gasteiger partial charge in [-0.2, -0.15) is 0 Å². The third-order valence-electron chi connectivity index (χ3n) is 0.477. The van der Waals surface area contributed by atoms with Crippen LogP contribution in [-0.2, 0) is 9.68 Å². The molecule has 0 saturated heterocycles. The molecule has 0 rings (SSSR count). The van der Waals surface area contributed by atoms with Crippen LogP contribution in [0.25, 0.3) is 0 Å². The maximum absolute atomic E-state index is 9.60. The van der Waals surface area contributed by atoms with E-state index in [-0.39, 0.29) is 0 Å². The molecule has 8 nitrogen and oxygen atoms in total. The molecule has 0 spiro atoms. The fourth-order valence-corrected chi connectivity index (χ4v) is 0.273. The highest BCUT2D eigenvalue weighted by molar-refractivity contribution is 4.11. The monoisotopic (exact) mass is 154 g/mol. The highest BCUT2D eigenvalue weighted by Gasteiger charge is 2.23. The molecule has 0 aromatic rings. The minimum Gasteiger partial charge on any atom is -0.200 e. The van der Waals surface area contributed by atoms with Crippen molar-refractivity contribution < 1.29 is 30.3 Å². The molecule has 0 aromatic heterocycles. The molecule has 0 amide bonds. The first-order valence-electron chi connectivity index (χ1n) is 2.18. The summed E-state index contributed by atoms with van der Waals surface area (Å²) in [6.45, 7) is 1.11. The Hall–Kier alpha value is -1.60. The summed E-state index contributed by atoms with van der Waals surface area (Å²) >= 11 is 0. The Balaban J connectivity index is 3.53. The van der Waals surface area contributed by atoms with Crippen LogP contribution < -0.4 is 0 Å². The van der Waals surface area contributed by atoms with Gasteiger partial charge in [0.1, 0.15) is 9.81 Å². The van der Waals surface area contributed by atoms with Crippen molar-refractivity contribution in [1.29, 1.82) is 0 Å². The van der Waals surface area contributed by atoms with Crippen molar-refractivity contribution in [2.24, 2.45) is 0 Å². The summed E-state index contributed by atoms with van der Waals surface area (Å²) in [6.07, 6.45) is -1.36. The molecule has 0 aliphatic carbocycles. The molecule has 0 bridgehead atoms. The number of nitrogens with zero attached hydrogens (tertiary/aromatic N) is 2. The van der Waals surface area contributed by atoms with Crippen molar-refractivity contribution in [1.82, 2.24) is 0 Å². The van der Waals surface area contributed by atoms with Crippen molar-refractivity contribution in [3.8, 4) is 0 Å². The summed E-state index contributed by atoms with van der Waals surface area (Å²) in [5.41, 5.74) is 0. The number of hydrogen-bond donors (Lipinski definition) is 2. The molecule has 0 aliphatic heterocycles. The molecular weight excluding hydrogens is 148 g/mol. The third-order valence-corrected chi connectivity index (χ3v) is 0.477. The van der Waals surface area contributed by atoms with E-state index in [1.54, 1.807) is 0 Å². The lowest BCUT2D eigenvalue weighted by molar-refractivity contribution is -1.04. The molecule has 10 heavy (non-hydrogen) atoms. The second kappa shape index (κ2) is 3.43. The topological polar surface area (TPSA) is 99.1 Å². The van der Waals surface area contributed by atoms with E-state index in [0.717, 1.165) is 6.92 Å². The second-order valence-corrected chi connectivity index (χ2v) is 1.25. The van der Waals surface area contributed by atoms with Gasteiger partial charge in [0.25, 0.3) is 0 Å². The van der Waals surface area contributed by atoms with E-state index in [1.807, 2.05) is 0 Å². The van der Waals surface area contributed by atoms with Gasteiger partial charge >= 0.3 is 16.5 Å². The first kappa shape index (κ1) is 8.40. The molecule has 0 unspecified atom stereocenters. The highest BCUT2D eigenvalue weighted by Crippen LogP contribution is 1.90. The highest BCUT2D eigenvalue weighted by atomic mass is 17.0. The second-order valence-electron chi connectivity index (χ2n) is 1.25. The van der Waals surface area contributed by atoms with E-state index in [1.165, 1.54) is 0 Å². The quantitative estimate of drug-likeness (QED) is 0.419. The Labute approximate surface area is 54.5 Å². The van der Waals surface area contributed by atoms with E-state index in [4.69, 9.17) is 10.4 Å². The number of hydrogen-bond acceptors (Lipinski definition) is 4. The molecule has 8 heteroatoms. The average Bonchev–Trinajstić information content (AvgIpc) is 1.58. The molecule has 0 aromatic carbocycles. The minimum absolute atomic E-state index is 0.895. The summed E-state index contributed by atoms with van der Waals surface area (Å²) in [5.74, 6) is 0. The molecule has 0 heterocycles. The molecule has 58 valence electrons. The van der Waals surface area contributed by atoms with Crippen LogP contribution >= 0.6 is 0 Å². The van der Waals surface area contributed by atoms with Crippen LogP contribution in [0.5, 0.6) is 0 Å². The van der Waals surface area contributed by atoms with E-state index in [2.05, 4.69) is 9.68 Å². The van der Waals surface area contributed by atoms with Crippen LogP contribution in [0.1, 0.15) is 6.92 Å². The summed E-state index contributed by atoms with van der Waals surface area (Å²) in [7, 11) is 0. The van der Waals surface area contributed by atoms with Gasteiger partial charge in [-0.3, -0.25) is 0 Å². The van der Waals surface area contributed by atoms with Crippen LogP contribution in [0, 0.1) is 9.81 Å². The van der Waals surface area contributed by atoms with Crippen molar-refractivity contribution in [2.75, 3.05) is 0 Å². The van der Waals surface area contributed by atoms with Crippen molar-refractivity contribution in [3.63, 3.8) is 0 Å². The van der Waals surface area contributed by atoms with E-state index in [9.17, 15) is 9.81 Å². The standard InChI is InChI=1S/C2H6N2O6/c1-2(9-3(5)6)10-4(7)8/h2H,1H3,(H,5,6)(H,7,8)/q+2. The van der Waals surface area contributed by atoms with Crippen molar-refractivity contribution in [3.05, 3.63) is 9.81 Å². The van der Waals surface area contributed by atoms with Gasteiger partial charge in [-0.15, -0.1) is 9.68 Å². The van der Waals surface area contributed by atoms with Crippen LogP contribution in [0.15, 0.2) is 0 Å². The first-order valence-corrected chi connectivity index (χ1v) is 2.18. The zero-order valence-electron chi connectivity index (χ0n) is 5.00. The Morgan fingerprint density at radius 3 is 1.70 bits per heavy atom. The predicted molar refractivity (Wildman–Crippen MR) is 22.5 cm³/mol. The average molecular weight is 154 g/mol. The Morgan fingerprint density at radius 2 is 1.50 bits per heavy atom. The molecule has 0 radical (unpaired) electrons. The molecule has 0 atom stereocenters. The first-order chi connectivity index (χ1) is 4.52. The van der Waals surface area contributed by atoms with Crippen molar-refractivity contribution >= 4 is 0 Å². The molecular formula is C2H6N2O6+2. The lowest BCUT2D eigenvalue weighted by Crippen LogP contribution is -2.21. The Morgan fingerprint density at radius 1 is 1.20 bits per heavy atom. The largest absolute Gasteiger partial charge is 0.479 e. The van der Waals surface area contributed by atoms with Gasteiger partial charge < -0.3 is 0 Å². The summed E-state index contributed by atoms with van der Waals surface area (Å²) in [5, 5.41) is 13.8. The predicted octanol–water partition coefficient (Wildman–Crippen LogP) is -0.468. The van der Waals surface area contributed by atoms with Gasteiger partial charge in [0.15, 0.2) is 0 Å². The molecule has 2 N–H and O–H groups in total. The summed E-state index contributed by atoms with van der Waals surface area (Å²) in [4.78, 5) is 26.7. The SMILES string of the molecule is CC(O[N+](=O)O)O[N+](=O)O. The lowest BCUT2D eigenvalue weighted by atomic mass is 10.8. The summed E-state index contributed by atoms with van der Waals surface area (Å²) in [6, 6.07) is 0. The van der Waals surface area contributed by atoms with Gasteiger partial charge in [0.05, 0.1) is 0 Å². The Bertz CT molecular complexity index is 129. The van der Waals surface area contributed by atoms with Gasteiger partial charge in [-0.1, -0.05) is 0 Å². The molecule has 0 aliphatic rings. The van der Waals surface area contributed by atoms with Gasteiger partial charge in [-0.25, -0.2) is 10.4 Å². The lowest BCUT2D eigenvalue weighted by Gasteiger charge is -1.90.